The summed E-state index contributed by atoms with van der Waals surface area (Å²) in [6.45, 7) is 0. The van der Waals surface area contributed by atoms with Gasteiger partial charge in [-0.1, -0.05) is 17.7 Å². The lowest BCUT2D eigenvalue weighted by molar-refractivity contribution is 0.102. The van der Waals surface area contributed by atoms with Gasteiger partial charge in [0.2, 0.25) is 5.95 Å². The van der Waals surface area contributed by atoms with Crippen molar-refractivity contribution in [2.24, 2.45) is 0 Å². The molecule has 0 aliphatic heterocycles. The zero-order chi connectivity index (χ0) is 13.1. The second-order valence-electron chi connectivity index (χ2n) is 3.42. The van der Waals surface area contributed by atoms with E-state index >= 15 is 0 Å². The first-order valence-corrected chi connectivity index (χ1v) is 6.12. The maximum Gasteiger partial charge on any atom is 0.258 e. The third-order valence-electron chi connectivity index (χ3n) is 2.13. The first-order chi connectivity index (χ1) is 8.56. The first kappa shape index (κ1) is 13.0. The summed E-state index contributed by atoms with van der Waals surface area (Å²) < 4.78 is 13.5. The monoisotopic (exact) mass is 328 g/mol. The van der Waals surface area contributed by atoms with Gasteiger partial charge in [-0.3, -0.25) is 4.79 Å². The summed E-state index contributed by atoms with van der Waals surface area (Å²) >= 11 is 9.06. The lowest BCUT2D eigenvalue weighted by atomic mass is 10.2. The number of nitrogens with zero attached hydrogens (tertiary/aromatic N) is 1. The minimum Gasteiger partial charge on any atom is -0.306 e. The van der Waals surface area contributed by atoms with E-state index in [-0.39, 0.29) is 5.82 Å². The van der Waals surface area contributed by atoms with Gasteiger partial charge in [0.1, 0.15) is 5.82 Å². The number of amides is 1. The third kappa shape index (κ3) is 3.05. The summed E-state index contributed by atoms with van der Waals surface area (Å²) in [7, 11) is 0. The van der Waals surface area contributed by atoms with Gasteiger partial charge in [-0.05, 0) is 46.3 Å². The molecule has 6 heteroatoms. The molecule has 0 bridgehead atoms. The SMILES string of the molecule is O=C(Nc1cccc(F)n1)c1cc(Cl)ccc1Br. The fourth-order valence-corrected chi connectivity index (χ4v) is 1.93. The standard InChI is InChI=1S/C12H7BrClFN2O/c13-9-5-4-7(14)6-8(9)12(18)17-11-3-1-2-10(15)16-11/h1-6H,(H,16,17,18). The van der Waals surface area contributed by atoms with Crippen LogP contribution in [0.15, 0.2) is 40.9 Å². The Bertz CT molecular complexity index is 606. The van der Waals surface area contributed by atoms with E-state index in [4.69, 9.17) is 11.6 Å². The Labute approximate surface area is 116 Å². The normalized spacial score (nSPS) is 10.2. The molecular weight excluding hydrogens is 322 g/mol. The minimum absolute atomic E-state index is 0.145. The van der Waals surface area contributed by atoms with Crippen molar-refractivity contribution in [2.45, 2.75) is 0 Å². The Morgan fingerprint density at radius 1 is 1.33 bits per heavy atom. The zero-order valence-corrected chi connectivity index (χ0v) is 11.3. The molecule has 0 saturated heterocycles. The number of nitrogens with one attached hydrogen (secondary N) is 1. The quantitative estimate of drug-likeness (QED) is 0.849. The fourth-order valence-electron chi connectivity index (χ4n) is 1.33. The Balaban J connectivity index is 2.24. The molecule has 0 saturated carbocycles. The van der Waals surface area contributed by atoms with Crippen LogP contribution >= 0.6 is 27.5 Å². The van der Waals surface area contributed by atoms with E-state index in [9.17, 15) is 9.18 Å². The minimum atomic E-state index is -0.655. The lowest BCUT2D eigenvalue weighted by Gasteiger charge is -2.06. The van der Waals surface area contributed by atoms with Crippen LogP contribution in [0.5, 0.6) is 0 Å². The highest BCUT2D eigenvalue weighted by Crippen LogP contribution is 2.22. The average molecular weight is 330 g/mol. The Hall–Kier alpha value is -1.46. The Kier molecular flexibility index (Phi) is 3.93. The van der Waals surface area contributed by atoms with E-state index in [2.05, 4.69) is 26.2 Å². The molecule has 0 fully saturated rings. The maximum atomic E-state index is 12.9. The molecule has 0 atom stereocenters. The van der Waals surface area contributed by atoms with Crippen LogP contribution in [0.4, 0.5) is 10.2 Å². The van der Waals surface area contributed by atoms with Crippen LogP contribution in [0.3, 0.4) is 0 Å². The van der Waals surface area contributed by atoms with Gasteiger partial charge >= 0.3 is 0 Å². The number of rotatable bonds is 2. The number of hydrogen-bond donors (Lipinski definition) is 1. The highest BCUT2D eigenvalue weighted by molar-refractivity contribution is 9.10. The molecule has 92 valence electrons. The number of hydrogen-bond acceptors (Lipinski definition) is 2. The molecule has 1 aromatic heterocycles. The van der Waals surface area contributed by atoms with Crippen molar-refractivity contribution in [2.75, 3.05) is 5.32 Å². The number of aromatic nitrogens is 1. The van der Waals surface area contributed by atoms with Crippen LogP contribution in [-0.2, 0) is 0 Å². The predicted molar refractivity (Wildman–Crippen MR) is 71.3 cm³/mol. The van der Waals surface area contributed by atoms with Crippen LogP contribution in [0.25, 0.3) is 0 Å². The summed E-state index contributed by atoms with van der Waals surface area (Å²) in [4.78, 5) is 15.5. The summed E-state index contributed by atoms with van der Waals surface area (Å²) in [5.41, 5.74) is 0.355. The van der Waals surface area contributed by atoms with Gasteiger partial charge in [0.15, 0.2) is 0 Å². The molecule has 1 amide bonds. The number of carbonyl (C=O) groups is 1. The summed E-state index contributed by atoms with van der Waals surface area (Å²) in [5, 5.41) is 2.93. The molecule has 0 aliphatic rings. The average Bonchev–Trinajstić information content (AvgIpc) is 2.32. The van der Waals surface area contributed by atoms with Crippen molar-refractivity contribution < 1.29 is 9.18 Å². The summed E-state index contributed by atoms with van der Waals surface area (Å²) in [6, 6.07) is 8.99. The second-order valence-corrected chi connectivity index (χ2v) is 4.71. The second kappa shape index (κ2) is 5.46. The van der Waals surface area contributed by atoms with Gasteiger partial charge in [-0.25, -0.2) is 4.98 Å². The molecule has 0 radical (unpaired) electrons. The van der Waals surface area contributed by atoms with Crippen LogP contribution < -0.4 is 5.32 Å². The number of halogens is 3. The fraction of sp³-hybridized carbons (Fsp3) is 0. The van der Waals surface area contributed by atoms with Gasteiger partial charge in [0.05, 0.1) is 5.56 Å². The van der Waals surface area contributed by atoms with E-state index in [1.807, 2.05) is 0 Å². The van der Waals surface area contributed by atoms with Gasteiger partial charge in [0, 0.05) is 9.50 Å². The largest absolute Gasteiger partial charge is 0.306 e. The van der Waals surface area contributed by atoms with Crippen LogP contribution in [0, 0.1) is 5.95 Å². The molecule has 18 heavy (non-hydrogen) atoms. The molecule has 0 spiro atoms. The van der Waals surface area contributed by atoms with E-state index in [1.54, 1.807) is 12.1 Å². The topological polar surface area (TPSA) is 42.0 Å². The van der Waals surface area contributed by atoms with Crippen molar-refractivity contribution >= 4 is 39.3 Å². The van der Waals surface area contributed by atoms with Crippen molar-refractivity contribution in [3.8, 4) is 0 Å². The number of anilines is 1. The molecule has 1 aromatic carbocycles. The molecule has 2 rings (SSSR count). The Morgan fingerprint density at radius 3 is 2.83 bits per heavy atom. The molecule has 3 nitrogen and oxygen atoms in total. The lowest BCUT2D eigenvalue weighted by Crippen LogP contribution is -2.13. The highest BCUT2D eigenvalue weighted by Gasteiger charge is 2.11. The molecular formula is C12H7BrClFN2O. The highest BCUT2D eigenvalue weighted by atomic mass is 79.9. The van der Waals surface area contributed by atoms with E-state index in [0.29, 0.717) is 15.1 Å². The number of pyridine rings is 1. The number of benzene rings is 1. The van der Waals surface area contributed by atoms with E-state index in [1.165, 1.54) is 24.3 Å². The van der Waals surface area contributed by atoms with Gasteiger partial charge in [-0.15, -0.1) is 0 Å². The molecule has 0 unspecified atom stereocenters. The summed E-state index contributed by atoms with van der Waals surface area (Å²) in [6.07, 6.45) is 0. The summed E-state index contributed by atoms with van der Waals surface area (Å²) in [5.74, 6) is -0.924. The number of carbonyl (C=O) groups excluding carboxylic acids is 1. The van der Waals surface area contributed by atoms with Gasteiger partial charge < -0.3 is 5.32 Å². The molecule has 2 aromatic rings. The third-order valence-corrected chi connectivity index (χ3v) is 3.06. The molecule has 1 heterocycles. The smallest absolute Gasteiger partial charge is 0.258 e. The first-order valence-electron chi connectivity index (χ1n) is 4.95. The zero-order valence-electron chi connectivity index (χ0n) is 8.95. The van der Waals surface area contributed by atoms with E-state index < -0.39 is 11.9 Å². The molecule has 0 aliphatic carbocycles. The maximum absolute atomic E-state index is 12.9. The van der Waals surface area contributed by atoms with Crippen molar-refractivity contribution in [3.63, 3.8) is 0 Å². The molecule has 1 N–H and O–H groups in total. The predicted octanol–water partition coefficient (Wildman–Crippen LogP) is 3.89. The van der Waals surface area contributed by atoms with Crippen molar-refractivity contribution in [3.05, 3.63) is 57.4 Å². The van der Waals surface area contributed by atoms with Gasteiger partial charge in [0.25, 0.3) is 5.91 Å². The van der Waals surface area contributed by atoms with Crippen LogP contribution in [-0.4, -0.2) is 10.9 Å². The van der Waals surface area contributed by atoms with E-state index in [0.717, 1.165) is 0 Å². The van der Waals surface area contributed by atoms with Crippen molar-refractivity contribution in [1.29, 1.82) is 0 Å². The van der Waals surface area contributed by atoms with Crippen LogP contribution in [0.1, 0.15) is 10.4 Å². The van der Waals surface area contributed by atoms with Gasteiger partial charge in [-0.2, -0.15) is 4.39 Å². The Morgan fingerprint density at radius 2 is 2.11 bits per heavy atom. The van der Waals surface area contributed by atoms with Crippen molar-refractivity contribution in [1.82, 2.24) is 4.98 Å². The van der Waals surface area contributed by atoms with Crippen LogP contribution in [0.2, 0.25) is 5.02 Å².